The van der Waals surface area contributed by atoms with Crippen molar-refractivity contribution in [3.8, 4) is 0 Å². The number of carbonyl (C=O) groups is 2. The topological polar surface area (TPSA) is 84.2 Å². The first-order valence-electron chi connectivity index (χ1n) is 9.57. The van der Waals surface area contributed by atoms with Crippen LogP contribution in [0.5, 0.6) is 0 Å². The predicted molar refractivity (Wildman–Crippen MR) is 116 cm³/mol. The molecule has 0 aromatic heterocycles. The molecule has 28 heavy (non-hydrogen) atoms. The molecular weight excluding hydrogens is 374 g/mol. The number of hydrogen-bond acceptors (Lipinski definition) is 3. The van der Waals surface area contributed by atoms with Crippen LogP contribution < -0.4 is 16.4 Å². The van der Waals surface area contributed by atoms with E-state index in [2.05, 4.69) is 10.6 Å². The summed E-state index contributed by atoms with van der Waals surface area (Å²) in [5.74, 6) is -0.188. The molecule has 6 heteroatoms. The Hall–Kier alpha value is -2.37. The highest BCUT2D eigenvalue weighted by molar-refractivity contribution is 6.04. The van der Waals surface area contributed by atoms with Crippen LogP contribution in [0.15, 0.2) is 54.6 Å². The van der Waals surface area contributed by atoms with Gasteiger partial charge in [-0.3, -0.25) is 9.59 Å². The van der Waals surface area contributed by atoms with Crippen molar-refractivity contribution in [1.82, 2.24) is 0 Å². The molecule has 0 heterocycles. The Labute approximate surface area is 172 Å². The van der Waals surface area contributed by atoms with Gasteiger partial charge in [0.25, 0.3) is 5.91 Å². The maximum absolute atomic E-state index is 12.5. The first-order chi connectivity index (χ1) is 13.1. The number of amides is 2. The lowest BCUT2D eigenvalue weighted by molar-refractivity contribution is -0.118. The molecule has 1 aliphatic carbocycles. The van der Waals surface area contributed by atoms with E-state index < -0.39 is 0 Å². The van der Waals surface area contributed by atoms with Crippen molar-refractivity contribution in [3.05, 3.63) is 60.2 Å². The molecule has 2 aromatic carbocycles. The summed E-state index contributed by atoms with van der Waals surface area (Å²) < 4.78 is 0. The Morgan fingerprint density at radius 2 is 1.46 bits per heavy atom. The number of para-hydroxylation sites is 1. The molecule has 4 N–H and O–H groups in total. The number of anilines is 2. The molecule has 1 saturated carbocycles. The smallest absolute Gasteiger partial charge is 0.255 e. The second-order valence-electron chi connectivity index (χ2n) is 7.39. The normalized spacial score (nSPS) is 15.2. The van der Waals surface area contributed by atoms with Crippen molar-refractivity contribution in [2.75, 3.05) is 17.2 Å². The van der Waals surface area contributed by atoms with E-state index in [0.29, 0.717) is 24.2 Å². The van der Waals surface area contributed by atoms with Crippen molar-refractivity contribution in [2.45, 2.75) is 38.5 Å². The highest BCUT2D eigenvalue weighted by Crippen LogP contribution is 2.38. The van der Waals surface area contributed by atoms with Gasteiger partial charge >= 0.3 is 0 Å². The zero-order valence-corrected chi connectivity index (χ0v) is 16.8. The van der Waals surface area contributed by atoms with Crippen LogP contribution >= 0.6 is 12.4 Å². The van der Waals surface area contributed by atoms with Crippen LogP contribution in [0.25, 0.3) is 0 Å². The Kier molecular flexibility index (Phi) is 8.03. The maximum Gasteiger partial charge on any atom is 0.255 e. The molecule has 0 saturated heterocycles. The monoisotopic (exact) mass is 401 g/mol. The lowest BCUT2D eigenvalue weighted by Crippen LogP contribution is -2.36. The molecule has 0 aliphatic heterocycles. The van der Waals surface area contributed by atoms with Gasteiger partial charge in [-0.25, -0.2) is 0 Å². The first-order valence-corrected chi connectivity index (χ1v) is 9.57. The van der Waals surface area contributed by atoms with E-state index in [0.717, 1.165) is 31.4 Å². The van der Waals surface area contributed by atoms with E-state index in [1.807, 2.05) is 30.3 Å². The number of hydrogen-bond donors (Lipinski definition) is 3. The molecule has 3 rings (SSSR count). The van der Waals surface area contributed by atoms with E-state index in [4.69, 9.17) is 5.73 Å². The quantitative estimate of drug-likeness (QED) is 0.661. The summed E-state index contributed by atoms with van der Waals surface area (Å²) in [6.07, 6.45) is 6.03. The number of rotatable bonds is 6. The molecule has 2 aromatic rings. The Bertz CT molecular complexity index is 772. The molecule has 0 spiro atoms. The van der Waals surface area contributed by atoms with Gasteiger partial charge in [-0.1, -0.05) is 37.5 Å². The highest BCUT2D eigenvalue weighted by atomic mass is 35.5. The summed E-state index contributed by atoms with van der Waals surface area (Å²) in [4.78, 5) is 24.7. The molecule has 1 fully saturated rings. The molecule has 0 atom stereocenters. The van der Waals surface area contributed by atoms with Gasteiger partial charge in [0, 0.05) is 23.4 Å². The van der Waals surface area contributed by atoms with E-state index in [1.54, 1.807) is 24.3 Å². The summed E-state index contributed by atoms with van der Waals surface area (Å²) in [5.41, 5.74) is 7.90. The van der Waals surface area contributed by atoms with Gasteiger partial charge in [0.15, 0.2) is 0 Å². The van der Waals surface area contributed by atoms with Crippen LogP contribution in [-0.2, 0) is 4.79 Å². The average Bonchev–Trinajstić information content (AvgIpc) is 2.70. The van der Waals surface area contributed by atoms with E-state index >= 15 is 0 Å². The second kappa shape index (κ2) is 10.2. The third kappa shape index (κ3) is 5.81. The molecular formula is C22H28ClN3O2. The number of benzene rings is 2. The minimum absolute atomic E-state index is 0. The van der Waals surface area contributed by atoms with E-state index in [9.17, 15) is 9.59 Å². The van der Waals surface area contributed by atoms with Gasteiger partial charge in [0.05, 0.1) is 0 Å². The Balaban J connectivity index is 0.00000280. The fourth-order valence-electron chi connectivity index (χ4n) is 3.73. The van der Waals surface area contributed by atoms with Crippen LogP contribution in [-0.4, -0.2) is 18.4 Å². The number of carbonyl (C=O) groups excluding carboxylic acids is 2. The van der Waals surface area contributed by atoms with Gasteiger partial charge in [-0.15, -0.1) is 12.4 Å². The lowest BCUT2D eigenvalue weighted by Gasteiger charge is -2.35. The Morgan fingerprint density at radius 3 is 2.07 bits per heavy atom. The summed E-state index contributed by atoms with van der Waals surface area (Å²) >= 11 is 0. The SMILES string of the molecule is Cl.NCC1(CC(=O)Nc2ccc(C(=O)Nc3ccccc3)cc2)CCCCC1. The molecule has 2 amide bonds. The lowest BCUT2D eigenvalue weighted by atomic mass is 9.71. The largest absolute Gasteiger partial charge is 0.330 e. The van der Waals surface area contributed by atoms with E-state index in [1.165, 1.54) is 6.42 Å². The summed E-state index contributed by atoms with van der Waals surface area (Å²) in [6.45, 7) is 0.555. The van der Waals surface area contributed by atoms with Crippen molar-refractivity contribution >= 4 is 35.6 Å². The van der Waals surface area contributed by atoms with E-state index in [-0.39, 0.29) is 29.6 Å². The predicted octanol–water partition coefficient (Wildman–Crippen LogP) is 4.60. The molecule has 5 nitrogen and oxygen atoms in total. The third-order valence-electron chi connectivity index (χ3n) is 5.35. The van der Waals surface area contributed by atoms with Gasteiger partial charge in [0.2, 0.25) is 5.91 Å². The molecule has 0 unspecified atom stereocenters. The van der Waals surface area contributed by atoms with Gasteiger partial charge in [-0.05, 0) is 61.2 Å². The highest BCUT2D eigenvalue weighted by Gasteiger charge is 2.32. The fraction of sp³-hybridized carbons (Fsp3) is 0.364. The third-order valence-corrected chi connectivity index (χ3v) is 5.35. The van der Waals surface area contributed by atoms with Crippen molar-refractivity contribution in [3.63, 3.8) is 0 Å². The minimum Gasteiger partial charge on any atom is -0.330 e. The fourth-order valence-corrected chi connectivity index (χ4v) is 3.73. The summed E-state index contributed by atoms with van der Waals surface area (Å²) in [7, 11) is 0. The first kappa shape index (κ1) is 21.9. The molecule has 1 aliphatic rings. The van der Waals surface area contributed by atoms with Crippen molar-refractivity contribution < 1.29 is 9.59 Å². The number of halogens is 1. The van der Waals surface area contributed by atoms with Gasteiger partial charge in [0.1, 0.15) is 0 Å². The van der Waals surface area contributed by atoms with Crippen LogP contribution in [0.1, 0.15) is 48.9 Å². The van der Waals surface area contributed by atoms with Crippen LogP contribution in [0.4, 0.5) is 11.4 Å². The van der Waals surface area contributed by atoms with Crippen LogP contribution in [0.2, 0.25) is 0 Å². The summed E-state index contributed by atoms with van der Waals surface area (Å²) in [5, 5.41) is 5.78. The second-order valence-corrected chi connectivity index (χ2v) is 7.39. The molecule has 0 bridgehead atoms. The zero-order chi connectivity index (χ0) is 19.1. The standard InChI is InChI=1S/C22H27N3O2.ClH/c23-16-22(13-5-2-6-14-22)15-20(26)24-19-11-9-17(10-12-19)21(27)25-18-7-3-1-4-8-18;/h1,3-4,7-12H,2,5-6,13-16,23H2,(H,24,26)(H,25,27);1H. The minimum atomic E-state index is -0.177. The molecule has 0 radical (unpaired) electrons. The zero-order valence-electron chi connectivity index (χ0n) is 15.9. The van der Waals surface area contributed by atoms with Gasteiger partial charge in [-0.2, -0.15) is 0 Å². The Morgan fingerprint density at radius 1 is 0.857 bits per heavy atom. The average molecular weight is 402 g/mol. The summed E-state index contributed by atoms with van der Waals surface area (Å²) in [6, 6.07) is 16.3. The number of nitrogens with one attached hydrogen (secondary N) is 2. The van der Waals surface area contributed by atoms with Crippen molar-refractivity contribution in [2.24, 2.45) is 11.1 Å². The van der Waals surface area contributed by atoms with Crippen LogP contribution in [0, 0.1) is 5.41 Å². The molecule has 150 valence electrons. The van der Waals surface area contributed by atoms with Gasteiger partial charge < -0.3 is 16.4 Å². The van der Waals surface area contributed by atoms with Crippen molar-refractivity contribution in [1.29, 1.82) is 0 Å². The number of nitrogens with two attached hydrogens (primary N) is 1. The maximum atomic E-state index is 12.5. The van der Waals surface area contributed by atoms with Crippen LogP contribution in [0.3, 0.4) is 0 Å².